The first-order valence-corrected chi connectivity index (χ1v) is 7.49. The second-order valence-electron chi connectivity index (χ2n) is 5.72. The van der Waals surface area contributed by atoms with Crippen molar-refractivity contribution < 1.29 is 0 Å². The van der Waals surface area contributed by atoms with Gasteiger partial charge in [-0.3, -0.25) is 0 Å². The van der Waals surface area contributed by atoms with Crippen LogP contribution in [0.15, 0.2) is 30.3 Å². The smallest absolute Gasteiger partial charge is 0.0161 e. The predicted octanol–water partition coefficient (Wildman–Crippen LogP) is 4.20. The van der Waals surface area contributed by atoms with E-state index in [1.165, 1.54) is 18.4 Å². The van der Waals surface area contributed by atoms with Crippen LogP contribution in [0, 0.1) is 11.3 Å². The minimum absolute atomic E-state index is 0.455. The number of rotatable bonds is 5. The van der Waals surface area contributed by atoms with Crippen LogP contribution in [0.2, 0.25) is 0 Å². The first kappa shape index (κ1) is 13.6. The lowest BCUT2D eigenvalue weighted by atomic mass is 9.46. The van der Waals surface area contributed by atoms with Crippen molar-refractivity contribution in [1.29, 1.82) is 0 Å². The van der Waals surface area contributed by atoms with Gasteiger partial charge in [0.2, 0.25) is 0 Å². The molecule has 1 aliphatic rings. The normalized spacial score (nSPS) is 29.9. The Hall–Kier alpha value is -0.820. The van der Waals surface area contributed by atoms with E-state index >= 15 is 0 Å². The molecule has 1 heteroatoms. The highest BCUT2D eigenvalue weighted by Crippen LogP contribution is 2.60. The number of benzene rings is 1. The van der Waals surface area contributed by atoms with Crippen LogP contribution in [0.5, 0.6) is 0 Å². The third kappa shape index (κ3) is 1.89. The van der Waals surface area contributed by atoms with Crippen molar-refractivity contribution in [2.45, 2.75) is 52.5 Å². The molecular formula is C17H27N. The molecule has 0 radical (unpaired) electrons. The van der Waals surface area contributed by atoms with E-state index in [1.807, 2.05) is 0 Å². The van der Waals surface area contributed by atoms with Crippen molar-refractivity contribution >= 4 is 0 Å². The molecule has 18 heavy (non-hydrogen) atoms. The van der Waals surface area contributed by atoms with Gasteiger partial charge in [0.25, 0.3) is 0 Å². The summed E-state index contributed by atoms with van der Waals surface area (Å²) in [4.78, 5) is 0. The summed E-state index contributed by atoms with van der Waals surface area (Å²) in [6.07, 6.45) is 2.54. The highest BCUT2D eigenvalue weighted by Gasteiger charge is 2.57. The highest BCUT2D eigenvalue weighted by atomic mass is 15.0. The maximum absolute atomic E-state index is 3.72. The Morgan fingerprint density at radius 2 is 1.67 bits per heavy atom. The van der Waals surface area contributed by atoms with Crippen molar-refractivity contribution in [2.75, 3.05) is 6.54 Å². The van der Waals surface area contributed by atoms with Crippen LogP contribution in [0.1, 0.15) is 52.0 Å². The molecule has 3 unspecified atom stereocenters. The SMILES string of the molecule is CCNC1C(C)C(c2ccccc2)C1(CC)CC. The molecule has 0 saturated heterocycles. The molecule has 3 atom stereocenters. The minimum atomic E-state index is 0.455. The number of hydrogen-bond donors (Lipinski definition) is 1. The summed E-state index contributed by atoms with van der Waals surface area (Å²) in [5.41, 5.74) is 1.99. The third-order valence-corrected chi connectivity index (χ3v) is 5.19. The van der Waals surface area contributed by atoms with Crippen LogP contribution in [0.3, 0.4) is 0 Å². The number of hydrogen-bond acceptors (Lipinski definition) is 1. The first-order chi connectivity index (χ1) is 8.71. The van der Waals surface area contributed by atoms with E-state index in [2.05, 4.69) is 63.3 Å². The molecule has 1 fully saturated rings. The molecule has 0 bridgehead atoms. The van der Waals surface area contributed by atoms with E-state index < -0.39 is 0 Å². The largest absolute Gasteiger partial charge is 0.313 e. The molecule has 1 aromatic rings. The van der Waals surface area contributed by atoms with Crippen LogP contribution in [-0.2, 0) is 0 Å². The van der Waals surface area contributed by atoms with Crippen LogP contribution < -0.4 is 5.32 Å². The van der Waals surface area contributed by atoms with E-state index in [1.54, 1.807) is 0 Å². The van der Waals surface area contributed by atoms with Gasteiger partial charge in [-0.15, -0.1) is 0 Å². The van der Waals surface area contributed by atoms with E-state index in [-0.39, 0.29) is 0 Å². The van der Waals surface area contributed by atoms with Crippen LogP contribution in [0.4, 0.5) is 0 Å². The molecule has 0 spiro atoms. The Morgan fingerprint density at radius 3 is 2.17 bits per heavy atom. The molecule has 0 amide bonds. The van der Waals surface area contributed by atoms with Gasteiger partial charge in [-0.05, 0) is 42.2 Å². The summed E-state index contributed by atoms with van der Waals surface area (Å²) in [5, 5.41) is 3.72. The van der Waals surface area contributed by atoms with E-state index in [0.717, 1.165) is 18.4 Å². The molecule has 0 aromatic heterocycles. The van der Waals surface area contributed by atoms with Crippen LogP contribution in [0.25, 0.3) is 0 Å². The lowest BCUT2D eigenvalue weighted by molar-refractivity contribution is -0.0386. The molecule has 1 N–H and O–H groups in total. The summed E-state index contributed by atoms with van der Waals surface area (Å²) < 4.78 is 0. The lowest BCUT2D eigenvalue weighted by Crippen LogP contribution is -2.63. The molecule has 100 valence electrons. The second kappa shape index (κ2) is 5.44. The van der Waals surface area contributed by atoms with Crippen molar-refractivity contribution in [2.24, 2.45) is 11.3 Å². The average Bonchev–Trinajstić information content (AvgIpc) is 2.42. The predicted molar refractivity (Wildman–Crippen MR) is 78.8 cm³/mol. The average molecular weight is 245 g/mol. The van der Waals surface area contributed by atoms with Gasteiger partial charge in [0.15, 0.2) is 0 Å². The quantitative estimate of drug-likeness (QED) is 0.819. The van der Waals surface area contributed by atoms with Crippen molar-refractivity contribution in [3.05, 3.63) is 35.9 Å². The van der Waals surface area contributed by atoms with Gasteiger partial charge in [-0.25, -0.2) is 0 Å². The van der Waals surface area contributed by atoms with Gasteiger partial charge in [-0.2, -0.15) is 0 Å². The monoisotopic (exact) mass is 245 g/mol. The Morgan fingerprint density at radius 1 is 1.06 bits per heavy atom. The molecule has 1 aromatic carbocycles. The maximum Gasteiger partial charge on any atom is 0.0161 e. The van der Waals surface area contributed by atoms with Crippen molar-refractivity contribution in [3.8, 4) is 0 Å². The molecule has 2 rings (SSSR count). The fourth-order valence-electron chi connectivity index (χ4n) is 4.35. The van der Waals surface area contributed by atoms with Gasteiger partial charge >= 0.3 is 0 Å². The Bertz CT molecular complexity index is 366. The first-order valence-electron chi connectivity index (χ1n) is 7.49. The molecular weight excluding hydrogens is 218 g/mol. The summed E-state index contributed by atoms with van der Waals surface area (Å²) in [6.45, 7) is 10.4. The Labute approximate surface area is 112 Å². The van der Waals surface area contributed by atoms with E-state index in [4.69, 9.17) is 0 Å². The Kier molecular flexibility index (Phi) is 4.11. The summed E-state index contributed by atoms with van der Waals surface area (Å²) in [7, 11) is 0. The highest BCUT2D eigenvalue weighted by molar-refractivity contribution is 5.30. The molecule has 0 aliphatic heterocycles. The standard InChI is InChI=1S/C17H27N/c1-5-17(6-2)15(13(4)16(17)18-7-3)14-11-9-8-10-12-14/h8-13,15-16,18H,5-7H2,1-4H3. The topological polar surface area (TPSA) is 12.0 Å². The van der Waals surface area contributed by atoms with Gasteiger partial charge < -0.3 is 5.32 Å². The number of nitrogens with one attached hydrogen (secondary N) is 1. The fourth-order valence-corrected chi connectivity index (χ4v) is 4.35. The van der Waals surface area contributed by atoms with E-state index in [0.29, 0.717) is 11.5 Å². The van der Waals surface area contributed by atoms with Gasteiger partial charge in [0.05, 0.1) is 0 Å². The van der Waals surface area contributed by atoms with Crippen LogP contribution >= 0.6 is 0 Å². The maximum atomic E-state index is 3.72. The summed E-state index contributed by atoms with van der Waals surface area (Å²) >= 11 is 0. The molecule has 1 nitrogen and oxygen atoms in total. The second-order valence-corrected chi connectivity index (χ2v) is 5.72. The summed E-state index contributed by atoms with van der Waals surface area (Å²) in [6, 6.07) is 11.8. The zero-order chi connectivity index (χ0) is 13.2. The molecule has 1 aliphatic carbocycles. The van der Waals surface area contributed by atoms with Crippen molar-refractivity contribution in [1.82, 2.24) is 5.32 Å². The fraction of sp³-hybridized carbons (Fsp3) is 0.647. The van der Waals surface area contributed by atoms with Gasteiger partial charge in [-0.1, -0.05) is 58.0 Å². The zero-order valence-electron chi connectivity index (χ0n) is 12.2. The Balaban J connectivity index is 2.30. The molecule has 0 heterocycles. The van der Waals surface area contributed by atoms with E-state index in [9.17, 15) is 0 Å². The van der Waals surface area contributed by atoms with Crippen LogP contribution in [-0.4, -0.2) is 12.6 Å². The third-order valence-electron chi connectivity index (χ3n) is 5.19. The lowest BCUT2D eigenvalue weighted by Gasteiger charge is -2.61. The molecule has 1 saturated carbocycles. The van der Waals surface area contributed by atoms with Gasteiger partial charge in [0, 0.05) is 6.04 Å². The zero-order valence-corrected chi connectivity index (χ0v) is 12.2. The van der Waals surface area contributed by atoms with Crippen molar-refractivity contribution in [3.63, 3.8) is 0 Å². The minimum Gasteiger partial charge on any atom is -0.313 e. The summed E-state index contributed by atoms with van der Waals surface area (Å²) in [5.74, 6) is 1.46. The van der Waals surface area contributed by atoms with Gasteiger partial charge in [0.1, 0.15) is 0 Å².